The number of amides is 1. The molecule has 0 aromatic carbocycles. The third-order valence-corrected chi connectivity index (χ3v) is 3.92. The second kappa shape index (κ2) is 9.94. The lowest BCUT2D eigenvalue weighted by Gasteiger charge is -2.25. The molecule has 3 heterocycles. The molecule has 0 radical (unpaired) electrons. The molecular weight excluding hydrogens is 416 g/mol. The average molecular weight is 444 g/mol. The largest absolute Gasteiger partial charge is 0.480 e. The molecule has 0 spiro atoms. The molecule has 2 N–H and O–H groups in total. The third kappa shape index (κ3) is 5.42. The van der Waals surface area contributed by atoms with Gasteiger partial charge in [0.05, 0.1) is 13.3 Å². The first-order valence-electron chi connectivity index (χ1n) is 9.95. The van der Waals surface area contributed by atoms with E-state index in [9.17, 15) is 14.7 Å². The maximum Gasteiger partial charge on any atom is 0.415 e. The Balaban J connectivity index is 0.00000176. The molecule has 0 saturated carbocycles. The Morgan fingerprint density at radius 1 is 1.25 bits per heavy atom. The number of hydrogen-bond acceptors (Lipinski definition) is 8. The molecule has 0 aliphatic heterocycles. The van der Waals surface area contributed by atoms with Crippen molar-refractivity contribution in [1.82, 2.24) is 19.6 Å². The minimum Gasteiger partial charge on any atom is -0.480 e. The van der Waals surface area contributed by atoms with Crippen molar-refractivity contribution in [2.24, 2.45) is 0 Å². The topological polar surface area (TPSA) is 131 Å². The molecule has 0 aliphatic carbocycles. The van der Waals surface area contributed by atoms with Crippen LogP contribution in [0.4, 0.5) is 22.1 Å². The van der Waals surface area contributed by atoms with Gasteiger partial charge >= 0.3 is 12.1 Å². The second-order valence-electron chi connectivity index (χ2n) is 7.32. The highest BCUT2D eigenvalue weighted by Gasteiger charge is 2.25. The summed E-state index contributed by atoms with van der Waals surface area (Å²) >= 11 is 0. The number of anilines is 3. The van der Waals surface area contributed by atoms with Gasteiger partial charge in [-0.2, -0.15) is 9.61 Å². The van der Waals surface area contributed by atoms with Crippen LogP contribution in [0, 0.1) is 0 Å². The first-order valence-corrected chi connectivity index (χ1v) is 9.95. The van der Waals surface area contributed by atoms with Crippen LogP contribution in [0.15, 0.2) is 30.6 Å². The molecule has 32 heavy (non-hydrogen) atoms. The highest BCUT2D eigenvalue weighted by Crippen LogP contribution is 2.28. The molecular formula is C21H28N6O5. The Kier molecular flexibility index (Phi) is 7.58. The maximum atomic E-state index is 12.6. The molecule has 1 amide bonds. The molecule has 3 aromatic heterocycles. The molecule has 3 aromatic rings. The number of carboxylic acid groups (broad SMARTS) is 1. The number of fused-ring (bicyclic) bond motifs is 1. The summed E-state index contributed by atoms with van der Waals surface area (Å²) in [4.78, 5) is 33.9. The van der Waals surface area contributed by atoms with E-state index in [0.717, 1.165) is 0 Å². The fourth-order valence-corrected chi connectivity index (χ4v) is 2.61. The van der Waals surface area contributed by atoms with Gasteiger partial charge in [-0.3, -0.25) is 4.90 Å². The van der Waals surface area contributed by atoms with Crippen molar-refractivity contribution in [1.29, 1.82) is 0 Å². The zero-order valence-electron chi connectivity index (χ0n) is 19.2. The number of carboxylic acids is 1. The summed E-state index contributed by atoms with van der Waals surface area (Å²) in [5.41, 5.74) is -0.256. The van der Waals surface area contributed by atoms with Gasteiger partial charge in [0.25, 0.3) is 0 Å². The van der Waals surface area contributed by atoms with E-state index in [-0.39, 0.29) is 22.8 Å². The number of aromatic nitrogens is 4. The Morgan fingerprint density at radius 3 is 2.53 bits per heavy atom. The molecule has 0 fully saturated rings. The van der Waals surface area contributed by atoms with Crippen molar-refractivity contribution in [2.75, 3.05) is 24.4 Å². The van der Waals surface area contributed by atoms with Crippen LogP contribution in [-0.4, -0.2) is 56.5 Å². The predicted molar refractivity (Wildman–Crippen MR) is 120 cm³/mol. The third-order valence-electron chi connectivity index (χ3n) is 3.92. The van der Waals surface area contributed by atoms with Crippen molar-refractivity contribution in [3.63, 3.8) is 0 Å². The zero-order valence-corrected chi connectivity index (χ0v) is 19.2. The van der Waals surface area contributed by atoms with Crippen LogP contribution in [0.5, 0.6) is 5.88 Å². The molecule has 0 saturated heterocycles. The van der Waals surface area contributed by atoms with Gasteiger partial charge in [-0.25, -0.2) is 19.6 Å². The lowest BCUT2D eigenvalue weighted by Crippen LogP contribution is -2.35. The van der Waals surface area contributed by atoms with Crippen molar-refractivity contribution in [3.05, 3.63) is 36.2 Å². The first-order chi connectivity index (χ1) is 15.1. The van der Waals surface area contributed by atoms with Crippen LogP contribution in [-0.2, 0) is 4.74 Å². The summed E-state index contributed by atoms with van der Waals surface area (Å²) in [5.74, 6) is -0.345. The summed E-state index contributed by atoms with van der Waals surface area (Å²) in [7, 11) is 2.98. The number of nitrogens with zero attached hydrogens (tertiary/aromatic N) is 5. The van der Waals surface area contributed by atoms with Crippen molar-refractivity contribution >= 4 is 35.0 Å². The normalized spacial score (nSPS) is 10.7. The minimum absolute atomic E-state index is 0.0563. The van der Waals surface area contributed by atoms with Gasteiger partial charge in [0.2, 0.25) is 5.88 Å². The van der Waals surface area contributed by atoms with Gasteiger partial charge in [0.15, 0.2) is 5.65 Å². The summed E-state index contributed by atoms with van der Waals surface area (Å²) in [6, 6.07) is 4.98. The molecule has 0 aliphatic rings. The van der Waals surface area contributed by atoms with Gasteiger partial charge in [-0.05, 0) is 32.9 Å². The van der Waals surface area contributed by atoms with Crippen molar-refractivity contribution in [2.45, 2.75) is 40.2 Å². The number of pyridine rings is 1. The molecule has 0 bridgehead atoms. The van der Waals surface area contributed by atoms with Crippen molar-refractivity contribution < 1.29 is 24.2 Å². The highest BCUT2D eigenvalue weighted by molar-refractivity contribution is 5.95. The van der Waals surface area contributed by atoms with E-state index in [1.165, 1.54) is 29.8 Å². The smallest absolute Gasteiger partial charge is 0.415 e. The quantitative estimate of drug-likeness (QED) is 0.600. The zero-order chi connectivity index (χ0) is 24.1. The first kappa shape index (κ1) is 24.4. The van der Waals surface area contributed by atoms with Gasteiger partial charge in [-0.1, -0.05) is 13.8 Å². The standard InChI is InChI=1S/C19H22N6O5.C2H6/c1-19(2,3)30-18(28)24(4)14-9-13(22-12-7-6-8-20-16(12)29-5)23-15-11(17(26)27)10-21-25(14)15;1-2/h6-10H,1-5H3,(H,22,23)(H,26,27);1-2H3. The average Bonchev–Trinajstić information content (AvgIpc) is 3.17. The number of ether oxygens (including phenoxy) is 2. The number of rotatable bonds is 5. The van der Waals surface area contributed by atoms with E-state index < -0.39 is 17.7 Å². The molecule has 0 atom stereocenters. The van der Waals surface area contributed by atoms with Gasteiger partial charge < -0.3 is 19.9 Å². The summed E-state index contributed by atoms with van der Waals surface area (Å²) in [5, 5.41) is 16.6. The number of carbonyl (C=O) groups excluding carboxylic acids is 1. The molecule has 0 unspecified atom stereocenters. The fraction of sp³-hybridized carbons (Fsp3) is 0.381. The second-order valence-corrected chi connectivity index (χ2v) is 7.32. The van der Waals surface area contributed by atoms with Crippen LogP contribution in [0.3, 0.4) is 0 Å². The molecule has 3 rings (SSSR count). The minimum atomic E-state index is -1.19. The number of carbonyl (C=O) groups is 2. The number of nitrogens with one attached hydrogen (secondary N) is 1. The predicted octanol–water partition coefficient (Wildman–Crippen LogP) is 3.97. The Labute approximate surface area is 186 Å². The van der Waals surface area contributed by atoms with Gasteiger partial charge in [-0.15, -0.1) is 0 Å². The lowest BCUT2D eigenvalue weighted by atomic mass is 10.2. The van der Waals surface area contributed by atoms with Gasteiger partial charge in [0.1, 0.15) is 28.5 Å². The van der Waals surface area contributed by atoms with Gasteiger partial charge in [0, 0.05) is 19.3 Å². The Morgan fingerprint density at radius 2 is 1.94 bits per heavy atom. The summed E-state index contributed by atoms with van der Waals surface area (Å²) < 4.78 is 11.9. The highest BCUT2D eigenvalue weighted by atomic mass is 16.6. The fourth-order valence-electron chi connectivity index (χ4n) is 2.61. The van der Waals surface area contributed by atoms with E-state index in [0.29, 0.717) is 11.6 Å². The van der Waals surface area contributed by atoms with E-state index in [2.05, 4.69) is 20.4 Å². The summed E-state index contributed by atoms with van der Waals surface area (Å²) in [6.45, 7) is 9.25. The number of aromatic carboxylic acids is 1. The van der Waals surface area contributed by atoms with Crippen molar-refractivity contribution in [3.8, 4) is 5.88 Å². The summed E-state index contributed by atoms with van der Waals surface area (Å²) in [6.07, 6.45) is 2.11. The SMILES string of the molecule is CC.COc1ncccc1Nc1cc(N(C)C(=O)OC(C)(C)C)n2ncc(C(=O)O)c2n1. The number of methoxy groups -OCH3 is 1. The molecule has 11 heteroatoms. The monoisotopic (exact) mass is 444 g/mol. The van der Waals surface area contributed by atoms with E-state index in [4.69, 9.17) is 9.47 Å². The van der Waals surface area contributed by atoms with E-state index in [1.54, 1.807) is 45.2 Å². The van der Waals surface area contributed by atoms with E-state index >= 15 is 0 Å². The Hall–Kier alpha value is -3.89. The number of hydrogen-bond donors (Lipinski definition) is 2. The van der Waals surface area contributed by atoms with E-state index in [1.807, 2.05) is 13.8 Å². The van der Waals surface area contributed by atoms with Crippen LogP contribution in [0.1, 0.15) is 45.0 Å². The Bertz CT molecular complexity index is 1110. The molecule has 11 nitrogen and oxygen atoms in total. The van der Waals surface area contributed by atoms with Crippen LogP contribution in [0.25, 0.3) is 5.65 Å². The van der Waals surface area contributed by atoms with Crippen LogP contribution < -0.4 is 15.0 Å². The van der Waals surface area contributed by atoms with Crippen LogP contribution in [0.2, 0.25) is 0 Å². The van der Waals surface area contributed by atoms with Crippen LogP contribution >= 0.6 is 0 Å². The lowest BCUT2D eigenvalue weighted by molar-refractivity contribution is 0.0587. The molecule has 172 valence electrons. The maximum absolute atomic E-state index is 12.6.